The topological polar surface area (TPSA) is 17.1 Å². The van der Waals surface area contributed by atoms with Crippen molar-refractivity contribution >= 4 is 29.0 Å². The van der Waals surface area contributed by atoms with Crippen molar-refractivity contribution in [3.8, 4) is 0 Å². The number of carbonyl (C=O) groups is 1. The highest BCUT2D eigenvalue weighted by molar-refractivity contribution is 6.42. The molecule has 2 rings (SSSR count). The van der Waals surface area contributed by atoms with E-state index in [1.54, 1.807) is 13.0 Å². The zero-order chi connectivity index (χ0) is 10.3. The van der Waals surface area contributed by atoms with E-state index in [4.69, 9.17) is 23.2 Å². The van der Waals surface area contributed by atoms with Gasteiger partial charge in [0.1, 0.15) is 5.78 Å². The fraction of sp³-hybridized carbons (Fsp3) is 0.364. The first-order chi connectivity index (χ1) is 6.59. The maximum Gasteiger partial charge on any atom is 0.133 e. The van der Waals surface area contributed by atoms with Gasteiger partial charge in [0.2, 0.25) is 0 Å². The van der Waals surface area contributed by atoms with Gasteiger partial charge in [0, 0.05) is 5.92 Å². The van der Waals surface area contributed by atoms with Gasteiger partial charge in [-0.25, -0.2) is 0 Å². The predicted octanol–water partition coefficient (Wildman–Crippen LogP) is 3.69. The molecule has 0 aromatic heterocycles. The van der Waals surface area contributed by atoms with Gasteiger partial charge in [0.05, 0.1) is 10.0 Å². The predicted molar refractivity (Wildman–Crippen MR) is 58.0 cm³/mol. The van der Waals surface area contributed by atoms with Gasteiger partial charge >= 0.3 is 0 Å². The van der Waals surface area contributed by atoms with E-state index >= 15 is 0 Å². The van der Waals surface area contributed by atoms with Crippen LogP contribution in [0.5, 0.6) is 0 Å². The van der Waals surface area contributed by atoms with Crippen LogP contribution in [0.2, 0.25) is 10.0 Å². The van der Waals surface area contributed by atoms with Gasteiger partial charge in [-0.2, -0.15) is 0 Å². The number of Topliss-reactive ketones (excluding diaryl/α,β-unsaturated/α-hetero) is 1. The number of rotatable bonds is 2. The standard InChI is InChI=1S/C11H10Cl2O/c1-6(14)8-5-9(8)7-2-3-10(12)11(13)4-7/h2-4,8-9H,5H2,1H3/t8-,9-/m0/s1. The summed E-state index contributed by atoms with van der Waals surface area (Å²) in [5, 5.41) is 1.13. The Hall–Kier alpha value is -0.530. The lowest BCUT2D eigenvalue weighted by Gasteiger charge is -2.01. The fourth-order valence-electron chi connectivity index (χ4n) is 1.76. The minimum Gasteiger partial charge on any atom is -0.300 e. The Labute approximate surface area is 93.0 Å². The van der Waals surface area contributed by atoms with Crippen molar-refractivity contribution in [3.05, 3.63) is 33.8 Å². The maximum absolute atomic E-state index is 11.1. The first-order valence-corrected chi connectivity index (χ1v) is 5.30. The lowest BCUT2D eigenvalue weighted by atomic mass is 10.1. The average molecular weight is 229 g/mol. The molecule has 1 aromatic rings. The molecule has 14 heavy (non-hydrogen) atoms. The molecule has 0 spiro atoms. The molecule has 0 aliphatic heterocycles. The minimum absolute atomic E-state index is 0.201. The van der Waals surface area contributed by atoms with Crippen molar-refractivity contribution in [1.82, 2.24) is 0 Å². The Bertz CT molecular complexity index is 387. The van der Waals surface area contributed by atoms with Crippen LogP contribution in [-0.2, 0) is 4.79 Å². The van der Waals surface area contributed by atoms with Gasteiger partial charge in [0.15, 0.2) is 0 Å². The Morgan fingerprint density at radius 2 is 2.07 bits per heavy atom. The quantitative estimate of drug-likeness (QED) is 0.755. The first-order valence-electron chi connectivity index (χ1n) is 4.55. The third-order valence-electron chi connectivity index (χ3n) is 2.68. The van der Waals surface area contributed by atoms with Crippen LogP contribution in [0.4, 0.5) is 0 Å². The summed E-state index contributed by atoms with van der Waals surface area (Å²) in [6.07, 6.45) is 0.952. The monoisotopic (exact) mass is 228 g/mol. The third kappa shape index (κ3) is 1.79. The van der Waals surface area contributed by atoms with Crippen LogP contribution in [0.15, 0.2) is 18.2 Å². The second kappa shape index (κ2) is 3.56. The van der Waals surface area contributed by atoms with Gasteiger partial charge < -0.3 is 0 Å². The number of ketones is 1. The van der Waals surface area contributed by atoms with E-state index in [2.05, 4.69) is 0 Å². The Balaban J connectivity index is 2.20. The molecule has 0 bridgehead atoms. The highest BCUT2D eigenvalue weighted by atomic mass is 35.5. The van der Waals surface area contributed by atoms with Crippen molar-refractivity contribution in [2.75, 3.05) is 0 Å². The SMILES string of the molecule is CC(=O)[C@@H]1C[C@H]1c1ccc(Cl)c(Cl)c1. The second-order valence-corrected chi connectivity index (χ2v) is 4.55. The summed E-state index contributed by atoms with van der Waals surface area (Å²) in [6, 6.07) is 5.59. The van der Waals surface area contributed by atoms with Crippen molar-refractivity contribution in [1.29, 1.82) is 0 Å². The maximum atomic E-state index is 11.1. The summed E-state index contributed by atoms with van der Waals surface area (Å²) in [6.45, 7) is 1.64. The van der Waals surface area contributed by atoms with Crippen molar-refractivity contribution in [3.63, 3.8) is 0 Å². The van der Waals surface area contributed by atoms with Gasteiger partial charge in [-0.3, -0.25) is 4.79 Å². The summed E-state index contributed by atoms with van der Waals surface area (Å²) >= 11 is 11.7. The normalized spacial score (nSPS) is 24.8. The number of halogens is 2. The van der Waals surface area contributed by atoms with Crippen LogP contribution in [0, 0.1) is 5.92 Å². The molecule has 0 unspecified atom stereocenters. The summed E-state index contributed by atoms with van der Waals surface area (Å²) in [7, 11) is 0. The summed E-state index contributed by atoms with van der Waals surface area (Å²) in [5.74, 6) is 0.829. The summed E-state index contributed by atoms with van der Waals surface area (Å²) in [4.78, 5) is 11.1. The van der Waals surface area contributed by atoms with E-state index in [0.29, 0.717) is 16.0 Å². The molecule has 1 aliphatic rings. The largest absolute Gasteiger partial charge is 0.300 e. The zero-order valence-corrected chi connectivity index (χ0v) is 9.27. The van der Waals surface area contributed by atoms with Crippen molar-refractivity contribution in [2.24, 2.45) is 5.92 Å². The van der Waals surface area contributed by atoms with Crippen LogP contribution >= 0.6 is 23.2 Å². The molecule has 1 aliphatic carbocycles. The van der Waals surface area contributed by atoms with Gasteiger partial charge in [-0.1, -0.05) is 29.3 Å². The smallest absolute Gasteiger partial charge is 0.133 e. The Kier molecular flexibility index (Phi) is 2.54. The number of hydrogen-bond acceptors (Lipinski definition) is 1. The molecule has 0 radical (unpaired) electrons. The van der Waals surface area contributed by atoms with E-state index in [-0.39, 0.29) is 11.7 Å². The molecule has 2 atom stereocenters. The van der Waals surface area contributed by atoms with E-state index in [9.17, 15) is 4.79 Å². The van der Waals surface area contributed by atoms with E-state index in [1.807, 2.05) is 12.1 Å². The van der Waals surface area contributed by atoms with Gasteiger partial charge in [-0.15, -0.1) is 0 Å². The third-order valence-corrected chi connectivity index (χ3v) is 3.42. The van der Waals surface area contributed by atoms with Crippen molar-refractivity contribution in [2.45, 2.75) is 19.3 Å². The van der Waals surface area contributed by atoms with Gasteiger partial charge in [-0.05, 0) is 37.0 Å². The molecule has 1 aromatic carbocycles. The summed E-state index contributed by atoms with van der Waals surface area (Å²) in [5.41, 5.74) is 1.12. The zero-order valence-electron chi connectivity index (χ0n) is 7.76. The molecular formula is C11H10Cl2O. The lowest BCUT2D eigenvalue weighted by Crippen LogP contribution is -1.94. The molecule has 0 heterocycles. The number of carbonyl (C=O) groups excluding carboxylic acids is 1. The summed E-state index contributed by atoms with van der Waals surface area (Å²) < 4.78 is 0. The molecule has 1 nitrogen and oxygen atoms in total. The Morgan fingerprint density at radius 3 is 2.57 bits per heavy atom. The van der Waals surface area contributed by atoms with Crippen LogP contribution in [0.25, 0.3) is 0 Å². The molecule has 1 fully saturated rings. The van der Waals surface area contributed by atoms with Crippen LogP contribution in [0.3, 0.4) is 0 Å². The molecule has 74 valence electrons. The number of benzene rings is 1. The highest BCUT2D eigenvalue weighted by Gasteiger charge is 2.41. The van der Waals surface area contributed by atoms with Crippen LogP contribution in [-0.4, -0.2) is 5.78 Å². The lowest BCUT2D eigenvalue weighted by molar-refractivity contribution is -0.118. The van der Waals surface area contributed by atoms with E-state index < -0.39 is 0 Å². The van der Waals surface area contributed by atoms with Crippen molar-refractivity contribution < 1.29 is 4.79 Å². The average Bonchev–Trinajstić information content (AvgIpc) is 2.89. The van der Waals surface area contributed by atoms with Crippen LogP contribution < -0.4 is 0 Å². The number of hydrogen-bond donors (Lipinski definition) is 0. The molecule has 0 amide bonds. The molecule has 0 N–H and O–H groups in total. The molecule has 0 saturated heterocycles. The highest BCUT2D eigenvalue weighted by Crippen LogP contribution is 2.48. The van der Waals surface area contributed by atoms with E-state index in [0.717, 1.165) is 12.0 Å². The van der Waals surface area contributed by atoms with Gasteiger partial charge in [0.25, 0.3) is 0 Å². The van der Waals surface area contributed by atoms with E-state index in [1.165, 1.54) is 0 Å². The van der Waals surface area contributed by atoms with Crippen LogP contribution in [0.1, 0.15) is 24.8 Å². The first kappa shape index (κ1) is 10.0. The molecule has 1 saturated carbocycles. The Morgan fingerprint density at radius 1 is 1.36 bits per heavy atom. The second-order valence-electron chi connectivity index (χ2n) is 3.73. The molecular weight excluding hydrogens is 219 g/mol. The molecule has 3 heteroatoms. The minimum atomic E-state index is 0.201. The fourth-order valence-corrected chi connectivity index (χ4v) is 2.06.